The summed E-state index contributed by atoms with van der Waals surface area (Å²) in [5.74, 6) is 2.26. The van der Waals surface area contributed by atoms with Gasteiger partial charge in [0.1, 0.15) is 31.2 Å². The molecule has 122 valence electrons. The van der Waals surface area contributed by atoms with Crippen LogP contribution in [0.4, 0.5) is 0 Å². The Bertz CT molecular complexity index is 691. The Labute approximate surface area is 135 Å². The summed E-state index contributed by atoms with van der Waals surface area (Å²) in [7, 11) is 0. The highest BCUT2D eigenvalue weighted by molar-refractivity contribution is 5.95. The number of benzene rings is 2. The van der Waals surface area contributed by atoms with Crippen LogP contribution in [-0.4, -0.2) is 45.2 Å². The first kappa shape index (κ1) is 14.6. The predicted octanol–water partition coefficient (Wildman–Crippen LogP) is 2.79. The monoisotopic (exact) mass is 316 g/mol. The van der Waals surface area contributed by atoms with Gasteiger partial charge in [0.05, 0.1) is 19.8 Å². The van der Waals surface area contributed by atoms with Crippen molar-refractivity contribution in [1.82, 2.24) is 0 Å². The third-order valence-corrected chi connectivity index (χ3v) is 3.87. The van der Waals surface area contributed by atoms with Crippen molar-refractivity contribution >= 4 is 10.8 Å². The summed E-state index contributed by atoms with van der Waals surface area (Å²) in [5.41, 5.74) is 0. The number of hydrogen-bond donors (Lipinski definition) is 0. The molecule has 2 saturated heterocycles. The second kappa shape index (κ2) is 6.26. The average Bonchev–Trinajstić information content (AvgIpc) is 3.46. The van der Waals surface area contributed by atoms with E-state index in [1.807, 2.05) is 37.3 Å². The molecule has 5 heteroatoms. The maximum atomic E-state index is 5.99. The van der Waals surface area contributed by atoms with Crippen molar-refractivity contribution in [2.45, 2.75) is 19.1 Å². The molecular formula is C18H20O5. The fourth-order valence-corrected chi connectivity index (χ4v) is 2.51. The molecule has 0 aliphatic carbocycles. The van der Waals surface area contributed by atoms with Gasteiger partial charge in [0, 0.05) is 16.8 Å². The minimum atomic E-state index is 0.200. The van der Waals surface area contributed by atoms with E-state index in [0.717, 1.165) is 35.5 Å². The van der Waals surface area contributed by atoms with Gasteiger partial charge in [0.25, 0.3) is 0 Å². The van der Waals surface area contributed by atoms with Gasteiger partial charge in [-0.3, -0.25) is 0 Å². The Morgan fingerprint density at radius 3 is 2.22 bits per heavy atom. The Morgan fingerprint density at radius 2 is 1.57 bits per heavy atom. The minimum Gasteiger partial charge on any atom is -0.490 e. The smallest absolute Gasteiger partial charge is 0.169 e. The van der Waals surface area contributed by atoms with Gasteiger partial charge >= 0.3 is 0 Å². The molecule has 2 aromatic rings. The molecule has 2 aromatic carbocycles. The lowest BCUT2D eigenvalue weighted by molar-refractivity contribution is 0.244. The van der Waals surface area contributed by atoms with E-state index in [0.29, 0.717) is 25.6 Å². The molecule has 0 N–H and O–H groups in total. The van der Waals surface area contributed by atoms with Crippen molar-refractivity contribution in [3.8, 4) is 17.2 Å². The van der Waals surface area contributed by atoms with E-state index in [2.05, 4.69) is 0 Å². The molecule has 2 heterocycles. The molecule has 0 bridgehead atoms. The van der Waals surface area contributed by atoms with Crippen LogP contribution in [-0.2, 0) is 9.47 Å². The van der Waals surface area contributed by atoms with Crippen molar-refractivity contribution in [1.29, 1.82) is 0 Å². The number of ether oxygens (including phenoxy) is 5. The summed E-state index contributed by atoms with van der Waals surface area (Å²) in [5, 5.41) is 2.01. The summed E-state index contributed by atoms with van der Waals surface area (Å²) < 4.78 is 28.2. The first-order chi connectivity index (χ1) is 11.3. The summed E-state index contributed by atoms with van der Waals surface area (Å²) >= 11 is 0. The van der Waals surface area contributed by atoms with Gasteiger partial charge in [-0.15, -0.1) is 0 Å². The molecule has 2 fully saturated rings. The van der Waals surface area contributed by atoms with Crippen LogP contribution in [0.15, 0.2) is 30.3 Å². The van der Waals surface area contributed by atoms with E-state index in [1.54, 1.807) is 0 Å². The third-order valence-electron chi connectivity index (χ3n) is 3.87. The summed E-state index contributed by atoms with van der Waals surface area (Å²) in [6.45, 7) is 5.18. The lowest BCUT2D eigenvalue weighted by atomic mass is 10.1. The molecule has 0 radical (unpaired) electrons. The van der Waals surface area contributed by atoms with Crippen LogP contribution in [0.5, 0.6) is 17.2 Å². The van der Waals surface area contributed by atoms with E-state index in [-0.39, 0.29) is 12.2 Å². The van der Waals surface area contributed by atoms with Crippen molar-refractivity contribution in [3.05, 3.63) is 30.3 Å². The lowest BCUT2D eigenvalue weighted by Crippen LogP contribution is -2.08. The normalized spacial score (nSPS) is 22.0. The lowest BCUT2D eigenvalue weighted by Gasteiger charge is -2.17. The second-order valence-corrected chi connectivity index (χ2v) is 5.71. The van der Waals surface area contributed by atoms with E-state index in [4.69, 9.17) is 23.7 Å². The Morgan fingerprint density at radius 1 is 0.913 bits per heavy atom. The van der Waals surface area contributed by atoms with Gasteiger partial charge in [0.2, 0.25) is 0 Å². The summed E-state index contributed by atoms with van der Waals surface area (Å²) in [6, 6.07) is 9.97. The number of rotatable bonds is 8. The Balaban J connectivity index is 1.70. The van der Waals surface area contributed by atoms with Crippen molar-refractivity contribution in [2.75, 3.05) is 33.0 Å². The van der Waals surface area contributed by atoms with Crippen LogP contribution in [0.2, 0.25) is 0 Å². The van der Waals surface area contributed by atoms with Crippen LogP contribution in [0.3, 0.4) is 0 Å². The van der Waals surface area contributed by atoms with Gasteiger partial charge in [0.15, 0.2) is 11.5 Å². The van der Waals surface area contributed by atoms with Crippen LogP contribution in [0.25, 0.3) is 10.8 Å². The molecule has 2 aliphatic heterocycles. The first-order valence-electron chi connectivity index (χ1n) is 8.02. The van der Waals surface area contributed by atoms with Gasteiger partial charge in [-0.05, 0) is 6.92 Å². The molecule has 2 aliphatic rings. The van der Waals surface area contributed by atoms with Crippen LogP contribution in [0.1, 0.15) is 6.92 Å². The molecule has 0 aromatic heterocycles. The van der Waals surface area contributed by atoms with Crippen molar-refractivity contribution in [2.24, 2.45) is 0 Å². The molecular weight excluding hydrogens is 296 g/mol. The molecule has 23 heavy (non-hydrogen) atoms. The largest absolute Gasteiger partial charge is 0.490 e. The molecule has 2 unspecified atom stereocenters. The fraction of sp³-hybridized carbons (Fsp3) is 0.444. The topological polar surface area (TPSA) is 52.8 Å². The molecule has 2 atom stereocenters. The zero-order chi connectivity index (χ0) is 15.6. The van der Waals surface area contributed by atoms with Gasteiger partial charge in [-0.2, -0.15) is 0 Å². The molecule has 4 rings (SSSR count). The Kier molecular flexibility index (Phi) is 3.97. The number of hydrogen-bond acceptors (Lipinski definition) is 5. The van der Waals surface area contributed by atoms with Crippen LogP contribution in [0, 0.1) is 0 Å². The summed E-state index contributed by atoms with van der Waals surface area (Å²) in [4.78, 5) is 0. The Hall–Kier alpha value is -1.98. The second-order valence-electron chi connectivity index (χ2n) is 5.71. The summed E-state index contributed by atoms with van der Waals surface area (Å²) in [6.07, 6.45) is 0.415. The fourth-order valence-electron chi connectivity index (χ4n) is 2.51. The SMILES string of the molecule is CCOc1cc(OCC2CO2)c2ccccc2c1OCC1CO1. The van der Waals surface area contributed by atoms with Crippen LogP contribution < -0.4 is 14.2 Å². The van der Waals surface area contributed by atoms with Gasteiger partial charge < -0.3 is 23.7 Å². The van der Waals surface area contributed by atoms with E-state index >= 15 is 0 Å². The van der Waals surface area contributed by atoms with Crippen molar-refractivity contribution < 1.29 is 23.7 Å². The third kappa shape index (κ3) is 3.35. The average molecular weight is 316 g/mol. The van der Waals surface area contributed by atoms with Crippen LogP contribution >= 0.6 is 0 Å². The quantitative estimate of drug-likeness (QED) is 0.701. The van der Waals surface area contributed by atoms with E-state index in [1.165, 1.54) is 0 Å². The highest BCUT2D eigenvalue weighted by Crippen LogP contribution is 2.42. The van der Waals surface area contributed by atoms with E-state index in [9.17, 15) is 0 Å². The highest BCUT2D eigenvalue weighted by Gasteiger charge is 2.26. The zero-order valence-corrected chi connectivity index (χ0v) is 13.1. The zero-order valence-electron chi connectivity index (χ0n) is 13.1. The minimum absolute atomic E-state index is 0.200. The first-order valence-corrected chi connectivity index (χ1v) is 8.02. The van der Waals surface area contributed by atoms with Crippen molar-refractivity contribution in [3.63, 3.8) is 0 Å². The maximum absolute atomic E-state index is 5.99. The van der Waals surface area contributed by atoms with E-state index < -0.39 is 0 Å². The molecule has 0 saturated carbocycles. The predicted molar refractivity (Wildman–Crippen MR) is 85.6 cm³/mol. The molecule has 0 amide bonds. The molecule has 5 nitrogen and oxygen atoms in total. The maximum Gasteiger partial charge on any atom is 0.169 e. The number of fused-ring (bicyclic) bond motifs is 1. The van der Waals surface area contributed by atoms with Gasteiger partial charge in [-0.1, -0.05) is 24.3 Å². The molecule has 0 spiro atoms. The van der Waals surface area contributed by atoms with Gasteiger partial charge in [-0.25, -0.2) is 0 Å². The number of epoxide rings is 2. The highest BCUT2D eigenvalue weighted by atomic mass is 16.6. The standard InChI is InChI=1S/C18H20O5/c1-2-19-17-7-16(22-10-12-8-20-12)14-5-3-4-6-15(14)18(17)23-11-13-9-21-13/h3-7,12-13H,2,8-11H2,1H3.